The van der Waals surface area contributed by atoms with Crippen LogP contribution in [0.5, 0.6) is 0 Å². The fourth-order valence-corrected chi connectivity index (χ4v) is 2.02. The number of hydrogen-bond acceptors (Lipinski definition) is 6. The van der Waals surface area contributed by atoms with E-state index in [2.05, 4.69) is 20.4 Å². The van der Waals surface area contributed by atoms with Crippen molar-refractivity contribution in [1.29, 1.82) is 0 Å². The Kier molecular flexibility index (Phi) is 5.03. The minimum atomic E-state index is -0.460. The monoisotopic (exact) mass is 314 g/mol. The van der Waals surface area contributed by atoms with Crippen molar-refractivity contribution in [3.05, 3.63) is 35.7 Å². The average molecular weight is 314 g/mol. The summed E-state index contributed by atoms with van der Waals surface area (Å²) >= 11 is 0. The molecule has 0 aliphatic carbocycles. The van der Waals surface area contributed by atoms with E-state index in [-0.39, 0.29) is 11.9 Å². The number of carbonyl (C=O) groups excluding carboxylic acids is 1. The molecular weight excluding hydrogens is 292 g/mol. The lowest BCUT2D eigenvalue weighted by molar-refractivity contribution is -0.159. The van der Waals surface area contributed by atoms with Crippen LogP contribution in [-0.2, 0) is 16.0 Å². The highest BCUT2D eigenvalue weighted by Gasteiger charge is 2.21. The van der Waals surface area contributed by atoms with Crippen LogP contribution in [0.2, 0.25) is 0 Å². The molecule has 122 valence electrons. The summed E-state index contributed by atoms with van der Waals surface area (Å²) in [6, 6.07) is 7.73. The van der Waals surface area contributed by atoms with Crippen molar-refractivity contribution in [3.63, 3.8) is 0 Å². The third kappa shape index (κ3) is 5.09. The van der Waals surface area contributed by atoms with Crippen LogP contribution in [0.15, 0.2) is 24.3 Å². The number of esters is 1. The van der Waals surface area contributed by atoms with Crippen LogP contribution >= 0.6 is 0 Å². The van der Waals surface area contributed by atoms with Gasteiger partial charge in [-0.1, -0.05) is 31.2 Å². The molecule has 0 saturated carbocycles. The minimum Gasteiger partial charge on any atom is -0.460 e. The lowest BCUT2D eigenvalue weighted by Gasteiger charge is -2.22. The molecule has 6 nitrogen and oxygen atoms in total. The highest BCUT2D eigenvalue weighted by atomic mass is 16.6. The van der Waals surface area contributed by atoms with E-state index in [0.717, 1.165) is 11.1 Å². The van der Waals surface area contributed by atoms with Crippen LogP contribution in [0.1, 0.15) is 39.1 Å². The normalized spacial score (nSPS) is 12.7. The second-order valence-electron chi connectivity index (χ2n) is 6.61. The molecule has 1 aromatic carbocycles. The van der Waals surface area contributed by atoms with E-state index in [1.165, 1.54) is 0 Å². The molecule has 0 amide bonds. The molecule has 1 aromatic heterocycles. The van der Waals surface area contributed by atoms with Gasteiger partial charge >= 0.3 is 5.97 Å². The zero-order chi connectivity index (χ0) is 17.0. The zero-order valence-corrected chi connectivity index (χ0v) is 14.2. The molecule has 1 unspecified atom stereocenters. The van der Waals surface area contributed by atoms with Crippen molar-refractivity contribution in [2.75, 3.05) is 0 Å². The highest BCUT2D eigenvalue weighted by molar-refractivity contribution is 5.72. The molecule has 1 heterocycles. The Morgan fingerprint density at radius 2 is 1.65 bits per heavy atom. The van der Waals surface area contributed by atoms with Gasteiger partial charge in [0.15, 0.2) is 5.82 Å². The van der Waals surface area contributed by atoms with Crippen molar-refractivity contribution in [3.8, 4) is 11.4 Å². The van der Waals surface area contributed by atoms with Crippen molar-refractivity contribution in [2.24, 2.45) is 5.92 Å². The Hall–Kier alpha value is -2.37. The topological polar surface area (TPSA) is 77.9 Å². The molecule has 0 saturated heterocycles. The van der Waals surface area contributed by atoms with Gasteiger partial charge in [0.2, 0.25) is 5.82 Å². The van der Waals surface area contributed by atoms with Gasteiger partial charge < -0.3 is 4.74 Å². The van der Waals surface area contributed by atoms with Gasteiger partial charge in [-0.3, -0.25) is 4.79 Å². The molecule has 0 spiro atoms. The summed E-state index contributed by atoms with van der Waals surface area (Å²) in [6.45, 7) is 9.23. The Labute approximate surface area is 136 Å². The first-order valence-corrected chi connectivity index (χ1v) is 7.61. The van der Waals surface area contributed by atoms with E-state index in [1.54, 1.807) is 6.92 Å². The van der Waals surface area contributed by atoms with Crippen molar-refractivity contribution >= 4 is 5.97 Å². The van der Waals surface area contributed by atoms with Crippen molar-refractivity contribution in [1.82, 2.24) is 20.4 Å². The summed E-state index contributed by atoms with van der Waals surface area (Å²) in [6.07, 6.45) is 0.625. The van der Waals surface area contributed by atoms with E-state index in [9.17, 15) is 4.79 Å². The fourth-order valence-electron chi connectivity index (χ4n) is 2.02. The first-order chi connectivity index (χ1) is 10.7. The Morgan fingerprint density at radius 1 is 1.09 bits per heavy atom. The maximum Gasteiger partial charge on any atom is 0.309 e. The van der Waals surface area contributed by atoms with E-state index in [0.29, 0.717) is 18.1 Å². The Morgan fingerprint density at radius 3 is 2.17 bits per heavy atom. The predicted octanol–water partition coefficient (Wildman–Crippen LogP) is 2.76. The van der Waals surface area contributed by atoms with E-state index in [4.69, 9.17) is 4.74 Å². The maximum absolute atomic E-state index is 12.0. The summed E-state index contributed by atoms with van der Waals surface area (Å²) in [5.41, 5.74) is 1.44. The number of nitrogens with zero attached hydrogens (tertiary/aromatic N) is 4. The van der Waals surface area contributed by atoms with Crippen molar-refractivity contribution in [2.45, 2.75) is 46.6 Å². The minimum absolute atomic E-state index is 0.183. The lowest BCUT2D eigenvalue weighted by Crippen LogP contribution is -2.28. The molecule has 0 fully saturated rings. The van der Waals surface area contributed by atoms with Gasteiger partial charge in [-0.15, -0.1) is 20.4 Å². The van der Waals surface area contributed by atoms with E-state index in [1.807, 2.05) is 52.0 Å². The zero-order valence-electron chi connectivity index (χ0n) is 14.2. The lowest BCUT2D eigenvalue weighted by atomic mass is 10.00. The summed E-state index contributed by atoms with van der Waals surface area (Å²) < 4.78 is 5.40. The second-order valence-corrected chi connectivity index (χ2v) is 6.61. The van der Waals surface area contributed by atoms with Crippen LogP contribution in [0.3, 0.4) is 0 Å². The number of carbonyl (C=O) groups is 1. The fraction of sp³-hybridized carbons (Fsp3) is 0.471. The predicted molar refractivity (Wildman–Crippen MR) is 86.5 cm³/mol. The first-order valence-electron chi connectivity index (χ1n) is 7.61. The number of benzene rings is 1. The molecular formula is C17H22N4O2. The van der Waals surface area contributed by atoms with E-state index < -0.39 is 5.60 Å². The highest BCUT2D eigenvalue weighted by Crippen LogP contribution is 2.18. The van der Waals surface area contributed by atoms with E-state index >= 15 is 0 Å². The summed E-state index contributed by atoms with van der Waals surface area (Å²) in [7, 11) is 0. The second kappa shape index (κ2) is 6.81. The van der Waals surface area contributed by atoms with Gasteiger partial charge in [-0.05, 0) is 39.7 Å². The Bertz CT molecular complexity index is 660. The summed E-state index contributed by atoms with van der Waals surface area (Å²) in [5, 5.41) is 15.8. The average Bonchev–Trinajstić information content (AvgIpc) is 2.47. The maximum atomic E-state index is 12.0. The molecule has 0 N–H and O–H groups in total. The van der Waals surface area contributed by atoms with Gasteiger partial charge in [0.05, 0.1) is 5.92 Å². The quantitative estimate of drug-likeness (QED) is 0.808. The first kappa shape index (κ1) is 17.0. The Balaban J connectivity index is 2.02. The molecule has 23 heavy (non-hydrogen) atoms. The van der Waals surface area contributed by atoms with Crippen LogP contribution < -0.4 is 0 Å². The molecule has 2 aromatic rings. The van der Waals surface area contributed by atoms with Crippen LogP contribution in [0.4, 0.5) is 0 Å². The summed E-state index contributed by atoms with van der Waals surface area (Å²) in [4.78, 5) is 12.0. The SMILES string of the molecule is Cc1nnc(-c2ccc(CC(C)C(=O)OC(C)(C)C)cc2)nn1. The van der Waals surface area contributed by atoms with Gasteiger partial charge in [-0.25, -0.2) is 0 Å². The van der Waals surface area contributed by atoms with Gasteiger partial charge in [0, 0.05) is 5.56 Å². The van der Waals surface area contributed by atoms with Gasteiger partial charge in [0.1, 0.15) is 5.60 Å². The third-order valence-electron chi connectivity index (χ3n) is 3.14. The molecule has 0 aliphatic heterocycles. The third-order valence-corrected chi connectivity index (χ3v) is 3.14. The van der Waals surface area contributed by atoms with Crippen LogP contribution in [0.25, 0.3) is 11.4 Å². The number of rotatable bonds is 4. The molecule has 6 heteroatoms. The number of aryl methyl sites for hydroxylation is 1. The largest absolute Gasteiger partial charge is 0.460 e. The van der Waals surface area contributed by atoms with Gasteiger partial charge in [-0.2, -0.15) is 0 Å². The molecule has 2 rings (SSSR count). The van der Waals surface area contributed by atoms with Crippen LogP contribution in [-0.4, -0.2) is 32.0 Å². The smallest absolute Gasteiger partial charge is 0.309 e. The molecule has 0 aliphatic rings. The van der Waals surface area contributed by atoms with Gasteiger partial charge in [0.25, 0.3) is 0 Å². The van der Waals surface area contributed by atoms with Crippen molar-refractivity contribution < 1.29 is 9.53 Å². The number of aromatic nitrogens is 4. The van der Waals surface area contributed by atoms with Crippen LogP contribution in [0, 0.1) is 12.8 Å². The standard InChI is InChI=1S/C17H22N4O2/c1-11(16(22)23-17(3,4)5)10-13-6-8-14(9-7-13)15-20-18-12(2)19-21-15/h6-9,11H,10H2,1-5H3. The molecule has 1 atom stereocenters. The molecule has 0 radical (unpaired) electrons. The number of ether oxygens (including phenoxy) is 1. The number of hydrogen-bond donors (Lipinski definition) is 0. The summed E-state index contributed by atoms with van der Waals surface area (Å²) in [5.74, 6) is 0.648. The molecule has 0 bridgehead atoms.